The SMILES string of the molecule is CCC(=O)c1ccc(OCC(=O)Nc2ccccc2)cc1. The molecule has 4 heteroatoms. The van der Waals surface area contributed by atoms with Gasteiger partial charge in [0.25, 0.3) is 5.91 Å². The van der Waals surface area contributed by atoms with E-state index in [0.29, 0.717) is 17.7 Å². The van der Waals surface area contributed by atoms with Crippen LogP contribution in [-0.4, -0.2) is 18.3 Å². The number of anilines is 1. The molecule has 0 spiro atoms. The van der Waals surface area contributed by atoms with Gasteiger partial charge in [-0.25, -0.2) is 0 Å². The molecule has 1 N–H and O–H groups in total. The van der Waals surface area contributed by atoms with Gasteiger partial charge in [-0.05, 0) is 36.4 Å². The van der Waals surface area contributed by atoms with Crippen molar-refractivity contribution < 1.29 is 14.3 Å². The zero-order chi connectivity index (χ0) is 15.1. The highest BCUT2D eigenvalue weighted by molar-refractivity contribution is 5.96. The molecule has 0 heterocycles. The second kappa shape index (κ2) is 7.24. The van der Waals surface area contributed by atoms with Gasteiger partial charge < -0.3 is 10.1 Å². The fraction of sp³-hybridized carbons (Fsp3) is 0.176. The number of rotatable bonds is 6. The predicted octanol–water partition coefficient (Wildman–Crippen LogP) is 3.30. The van der Waals surface area contributed by atoms with Crippen molar-refractivity contribution in [2.24, 2.45) is 0 Å². The molecule has 21 heavy (non-hydrogen) atoms. The number of hydrogen-bond donors (Lipinski definition) is 1. The molecular weight excluding hydrogens is 266 g/mol. The summed E-state index contributed by atoms with van der Waals surface area (Å²) in [4.78, 5) is 23.2. The zero-order valence-electron chi connectivity index (χ0n) is 11.8. The Bertz CT molecular complexity index is 606. The van der Waals surface area contributed by atoms with E-state index in [1.807, 2.05) is 37.3 Å². The standard InChI is InChI=1S/C17H17NO3/c1-2-16(19)13-8-10-15(11-9-13)21-12-17(20)18-14-6-4-3-5-7-14/h3-11H,2,12H2,1H3,(H,18,20). The average molecular weight is 283 g/mol. The first-order valence-electron chi connectivity index (χ1n) is 6.80. The number of ketones is 1. The highest BCUT2D eigenvalue weighted by atomic mass is 16.5. The van der Waals surface area contributed by atoms with Gasteiger partial charge in [0, 0.05) is 17.7 Å². The monoisotopic (exact) mass is 283 g/mol. The smallest absolute Gasteiger partial charge is 0.262 e. The summed E-state index contributed by atoms with van der Waals surface area (Å²) in [7, 11) is 0. The van der Waals surface area contributed by atoms with E-state index in [1.165, 1.54) is 0 Å². The Balaban J connectivity index is 1.85. The third kappa shape index (κ3) is 4.45. The van der Waals surface area contributed by atoms with Gasteiger partial charge in [0.15, 0.2) is 12.4 Å². The summed E-state index contributed by atoms with van der Waals surface area (Å²) < 4.78 is 5.39. The minimum atomic E-state index is -0.227. The van der Waals surface area contributed by atoms with Gasteiger partial charge in [0.05, 0.1) is 0 Å². The van der Waals surface area contributed by atoms with Crippen molar-refractivity contribution in [1.29, 1.82) is 0 Å². The van der Waals surface area contributed by atoms with E-state index >= 15 is 0 Å². The molecule has 2 rings (SSSR count). The number of ether oxygens (including phenoxy) is 1. The summed E-state index contributed by atoms with van der Waals surface area (Å²) in [5.41, 5.74) is 1.38. The Kier molecular flexibility index (Phi) is 5.10. The van der Waals surface area contributed by atoms with Gasteiger partial charge >= 0.3 is 0 Å². The molecule has 0 unspecified atom stereocenters. The zero-order valence-corrected chi connectivity index (χ0v) is 11.8. The molecule has 0 aromatic heterocycles. The largest absolute Gasteiger partial charge is 0.484 e. The number of Topliss-reactive ketones (excluding diaryl/α,β-unsaturated/α-hetero) is 1. The number of amides is 1. The first-order chi connectivity index (χ1) is 10.2. The maximum atomic E-state index is 11.7. The lowest BCUT2D eigenvalue weighted by molar-refractivity contribution is -0.118. The van der Waals surface area contributed by atoms with Crippen LogP contribution in [0, 0.1) is 0 Å². The normalized spacial score (nSPS) is 9.95. The second-order valence-electron chi connectivity index (χ2n) is 4.50. The molecule has 0 fully saturated rings. The Morgan fingerprint density at radius 1 is 1.00 bits per heavy atom. The quantitative estimate of drug-likeness (QED) is 0.828. The molecule has 0 aliphatic carbocycles. The first kappa shape index (κ1) is 14.8. The highest BCUT2D eigenvalue weighted by Crippen LogP contribution is 2.13. The molecule has 2 aromatic rings. The summed E-state index contributed by atoms with van der Waals surface area (Å²) in [6.45, 7) is 1.75. The minimum absolute atomic E-state index is 0.0734. The lowest BCUT2D eigenvalue weighted by atomic mass is 10.1. The molecule has 0 bridgehead atoms. The Morgan fingerprint density at radius 2 is 1.67 bits per heavy atom. The van der Waals surface area contributed by atoms with Gasteiger partial charge in [0.1, 0.15) is 5.75 Å². The molecule has 2 aromatic carbocycles. The Hall–Kier alpha value is -2.62. The molecule has 0 atom stereocenters. The van der Waals surface area contributed by atoms with E-state index in [1.54, 1.807) is 24.3 Å². The van der Waals surface area contributed by atoms with E-state index in [4.69, 9.17) is 4.74 Å². The Labute approximate surface area is 123 Å². The van der Waals surface area contributed by atoms with Crippen molar-refractivity contribution in [3.05, 3.63) is 60.2 Å². The summed E-state index contributed by atoms with van der Waals surface area (Å²) in [5, 5.41) is 2.73. The summed E-state index contributed by atoms with van der Waals surface area (Å²) in [5.74, 6) is 0.421. The molecule has 0 saturated heterocycles. The van der Waals surface area contributed by atoms with Crippen molar-refractivity contribution in [3.63, 3.8) is 0 Å². The van der Waals surface area contributed by atoms with E-state index in [0.717, 1.165) is 5.69 Å². The van der Waals surface area contributed by atoms with Crippen LogP contribution in [-0.2, 0) is 4.79 Å². The van der Waals surface area contributed by atoms with Crippen LogP contribution in [0.2, 0.25) is 0 Å². The van der Waals surface area contributed by atoms with Crippen molar-refractivity contribution >= 4 is 17.4 Å². The topological polar surface area (TPSA) is 55.4 Å². The van der Waals surface area contributed by atoms with Crippen LogP contribution in [0.1, 0.15) is 23.7 Å². The van der Waals surface area contributed by atoms with Crippen LogP contribution in [0.5, 0.6) is 5.75 Å². The molecule has 0 aliphatic heterocycles. The maximum Gasteiger partial charge on any atom is 0.262 e. The van der Waals surface area contributed by atoms with E-state index in [-0.39, 0.29) is 18.3 Å². The van der Waals surface area contributed by atoms with Crippen LogP contribution in [0.4, 0.5) is 5.69 Å². The summed E-state index contributed by atoms with van der Waals surface area (Å²) in [6.07, 6.45) is 0.472. The fourth-order valence-electron chi connectivity index (χ4n) is 1.81. The van der Waals surface area contributed by atoms with Gasteiger partial charge in [-0.3, -0.25) is 9.59 Å². The number of para-hydroxylation sites is 1. The van der Waals surface area contributed by atoms with Gasteiger partial charge in [-0.2, -0.15) is 0 Å². The molecule has 0 aliphatic rings. The maximum absolute atomic E-state index is 11.7. The molecule has 1 amide bonds. The number of benzene rings is 2. The molecule has 0 saturated carbocycles. The van der Waals surface area contributed by atoms with Crippen molar-refractivity contribution in [2.45, 2.75) is 13.3 Å². The molecule has 108 valence electrons. The van der Waals surface area contributed by atoms with Crippen molar-refractivity contribution in [3.8, 4) is 5.75 Å². The third-order valence-corrected chi connectivity index (χ3v) is 2.92. The molecule has 0 radical (unpaired) electrons. The number of carbonyl (C=O) groups excluding carboxylic acids is 2. The summed E-state index contributed by atoms with van der Waals surface area (Å²) >= 11 is 0. The van der Waals surface area contributed by atoms with Crippen LogP contribution >= 0.6 is 0 Å². The molecular formula is C17H17NO3. The Morgan fingerprint density at radius 3 is 2.29 bits per heavy atom. The fourth-order valence-corrected chi connectivity index (χ4v) is 1.81. The van der Waals surface area contributed by atoms with E-state index in [2.05, 4.69) is 5.32 Å². The van der Waals surface area contributed by atoms with Crippen molar-refractivity contribution in [1.82, 2.24) is 0 Å². The summed E-state index contributed by atoms with van der Waals surface area (Å²) in [6, 6.07) is 16.0. The number of nitrogens with one attached hydrogen (secondary N) is 1. The van der Waals surface area contributed by atoms with Gasteiger partial charge in [0.2, 0.25) is 0 Å². The van der Waals surface area contributed by atoms with Crippen LogP contribution < -0.4 is 10.1 Å². The number of hydrogen-bond acceptors (Lipinski definition) is 3. The first-order valence-corrected chi connectivity index (χ1v) is 6.80. The van der Waals surface area contributed by atoms with E-state index in [9.17, 15) is 9.59 Å². The van der Waals surface area contributed by atoms with Crippen LogP contribution in [0.3, 0.4) is 0 Å². The van der Waals surface area contributed by atoms with E-state index < -0.39 is 0 Å². The molecule has 4 nitrogen and oxygen atoms in total. The lowest BCUT2D eigenvalue weighted by Crippen LogP contribution is -2.20. The second-order valence-corrected chi connectivity index (χ2v) is 4.50. The lowest BCUT2D eigenvalue weighted by Gasteiger charge is -2.08. The van der Waals surface area contributed by atoms with Crippen molar-refractivity contribution in [2.75, 3.05) is 11.9 Å². The number of carbonyl (C=O) groups is 2. The van der Waals surface area contributed by atoms with Crippen LogP contribution in [0.15, 0.2) is 54.6 Å². The van der Waals surface area contributed by atoms with Gasteiger partial charge in [-0.1, -0.05) is 25.1 Å². The third-order valence-electron chi connectivity index (χ3n) is 2.92. The minimum Gasteiger partial charge on any atom is -0.484 e. The predicted molar refractivity (Wildman–Crippen MR) is 81.6 cm³/mol. The van der Waals surface area contributed by atoms with Gasteiger partial charge in [-0.15, -0.1) is 0 Å². The van der Waals surface area contributed by atoms with Crippen LogP contribution in [0.25, 0.3) is 0 Å². The highest BCUT2D eigenvalue weighted by Gasteiger charge is 2.05. The average Bonchev–Trinajstić information content (AvgIpc) is 2.53.